The monoisotopic (exact) mass is 587 g/mol. The summed E-state index contributed by atoms with van der Waals surface area (Å²) in [6.45, 7) is 16.0. The third-order valence-electron chi connectivity index (χ3n) is 9.37. The molecule has 1 spiro atoms. The molecular weight excluding hydrogens is 546 g/mol. The molecule has 0 saturated carbocycles. The van der Waals surface area contributed by atoms with Crippen molar-refractivity contribution in [2.45, 2.75) is 68.5 Å². The molecule has 2 unspecified atom stereocenters. The van der Waals surface area contributed by atoms with E-state index in [0.717, 1.165) is 18.4 Å². The third kappa shape index (κ3) is 4.60. The molecule has 3 fully saturated rings. The quantitative estimate of drug-likeness (QED) is 0.380. The molecule has 0 radical (unpaired) electrons. The number of thioether (sulfide) groups is 1. The van der Waals surface area contributed by atoms with Gasteiger partial charge in [-0.2, -0.15) is 0 Å². The number of benzene rings is 1. The minimum Gasteiger partial charge on any atom is -0.394 e. The highest BCUT2D eigenvalue weighted by atomic mass is 35.5. The molecule has 9 heteroatoms. The van der Waals surface area contributed by atoms with Crippen molar-refractivity contribution in [2.24, 2.45) is 17.8 Å². The van der Waals surface area contributed by atoms with Gasteiger partial charge in [-0.3, -0.25) is 14.4 Å². The maximum Gasteiger partial charge on any atom is 0.251 e. The van der Waals surface area contributed by atoms with Gasteiger partial charge in [0.05, 0.1) is 39.9 Å². The molecule has 1 aromatic rings. The first-order valence-electron chi connectivity index (χ1n) is 14.1. The van der Waals surface area contributed by atoms with E-state index in [-0.39, 0.29) is 36.8 Å². The number of amides is 3. The minimum absolute atomic E-state index is 0.0512. The molecule has 3 amide bonds. The van der Waals surface area contributed by atoms with Crippen molar-refractivity contribution in [1.82, 2.24) is 9.80 Å². The van der Waals surface area contributed by atoms with E-state index in [1.165, 1.54) is 0 Å². The average Bonchev–Trinajstić information content (AvgIpc) is 3.48. The number of likely N-dealkylation sites (tertiary alicyclic amines) is 1. The van der Waals surface area contributed by atoms with Crippen LogP contribution in [0.4, 0.5) is 5.69 Å². The zero-order valence-electron chi connectivity index (χ0n) is 24.2. The summed E-state index contributed by atoms with van der Waals surface area (Å²) in [4.78, 5) is 48.3. The summed E-state index contributed by atoms with van der Waals surface area (Å²) < 4.78 is -1.28. The van der Waals surface area contributed by atoms with Gasteiger partial charge in [-0.25, -0.2) is 0 Å². The Morgan fingerprint density at radius 2 is 1.93 bits per heavy atom. The molecule has 40 heavy (non-hydrogen) atoms. The lowest BCUT2D eigenvalue weighted by molar-refractivity contribution is -0.146. The molecule has 1 aromatic carbocycles. The summed E-state index contributed by atoms with van der Waals surface area (Å²) in [7, 11) is 1.73. The lowest BCUT2D eigenvalue weighted by atomic mass is 9.66. The Bertz CT molecular complexity index is 1190. The van der Waals surface area contributed by atoms with E-state index in [2.05, 4.69) is 20.1 Å². The van der Waals surface area contributed by atoms with Gasteiger partial charge >= 0.3 is 0 Å². The first-order chi connectivity index (χ1) is 18.9. The second-order valence-electron chi connectivity index (χ2n) is 11.8. The Balaban J connectivity index is 1.91. The average molecular weight is 588 g/mol. The van der Waals surface area contributed by atoms with Crippen molar-refractivity contribution >= 4 is 46.8 Å². The van der Waals surface area contributed by atoms with Crippen LogP contribution < -0.4 is 4.90 Å². The highest BCUT2D eigenvalue weighted by Gasteiger charge is 2.78. The lowest BCUT2D eigenvalue weighted by Crippen LogP contribution is -2.59. The zero-order valence-corrected chi connectivity index (χ0v) is 25.8. The predicted molar refractivity (Wildman–Crippen MR) is 162 cm³/mol. The fourth-order valence-electron chi connectivity index (χ4n) is 7.24. The number of hydrogen-bond donors (Lipinski definition) is 1. The van der Waals surface area contributed by atoms with Crippen LogP contribution in [-0.2, 0) is 14.4 Å². The second kappa shape index (κ2) is 11.5. The summed E-state index contributed by atoms with van der Waals surface area (Å²) in [5, 5.41) is 11.1. The van der Waals surface area contributed by atoms with E-state index in [0.29, 0.717) is 23.7 Å². The van der Waals surface area contributed by atoms with Crippen LogP contribution in [0.15, 0.2) is 43.5 Å². The molecule has 7 atom stereocenters. The Kier molecular flexibility index (Phi) is 8.84. The predicted octanol–water partition coefficient (Wildman–Crippen LogP) is 4.70. The number of carbonyl (C=O) groups excluding carboxylic acids is 3. The Morgan fingerprint density at radius 1 is 1.25 bits per heavy atom. The summed E-state index contributed by atoms with van der Waals surface area (Å²) >= 11 is 8.30. The van der Waals surface area contributed by atoms with Crippen molar-refractivity contribution in [1.29, 1.82) is 0 Å². The molecule has 3 aliphatic rings. The van der Waals surface area contributed by atoms with E-state index < -0.39 is 33.4 Å². The number of hydrogen-bond acceptors (Lipinski definition) is 5. The molecule has 3 heterocycles. The molecular formula is C31H42ClN3O4S. The number of carbonyl (C=O) groups is 3. The molecule has 1 N–H and O–H groups in total. The third-order valence-corrected chi connectivity index (χ3v) is 11.7. The fraction of sp³-hybridized carbons (Fsp3) is 0.581. The first kappa shape index (κ1) is 30.7. The molecule has 218 valence electrons. The van der Waals surface area contributed by atoms with Gasteiger partial charge in [0.2, 0.25) is 11.8 Å². The standard InChI is InChI=1S/C31H42ClN3O4S/c1-8-16-33(7)27(37)23-24-28(38)35(22(18-36)19(4)10-3)26(31(24)15-14-30(23,6)40-31)29(39)34(17-9-2)25-20(5)12-11-13-21(25)32/h8-9,11-13,19,22-24,26,36H,1-2,10,14-18H2,3-7H3/t19-,22-,23+,24-,26?,30-,31?/m0/s1. The number of aliphatic hydroxyl groups excluding tert-OH is 1. The molecule has 4 rings (SSSR count). The Morgan fingerprint density at radius 3 is 2.50 bits per heavy atom. The van der Waals surface area contributed by atoms with Crippen molar-refractivity contribution < 1.29 is 19.5 Å². The molecule has 3 saturated heterocycles. The van der Waals surface area contributed by atoms with Crippen LogP contribution in [-0.4, -0.2) is 80.9 Å². The Hall–Kier alpha value is -2.29. The van der Waals surface area contributed by atoms with Crippen molar-refractivity contribution in [3.8, 4) is 0 Å². The molecule has 7 nitrogen and oxygen atoms in total. The van der Waals surface area contributed by atoms with E-state index in [1.807, 2.05) is 32.9 Å². The number of anilines is 1. The van der Waals surface area contributed by atoms with Crippen LogP contribution in [0.25, 0.3) is 0 Å². The number of nitrogens with zero attached hydrogens (tertiary/aromatic N) is 3. The molecule has 2 bridgehead atoms. The highest BCUT2D eigenvalue weighted by Crippen LogP contribution is 2.72. The summed E-state index contributed by atoms with van der Waals surface area (Å²) in [6, 6.07) is 4.08. The van der Waals surface area contributed by atoms with E-state index in [4.69, 9.17) is 11.6 Å². The number of para-hydroxylation sites is 1. The first-order valence-corrected chi connectivity index (χ1v) is 15.3. The molecule has 0 aromatic heterocycles. The SMILES string of the molecule is C=CCN(C)C(=O)[C@H]1[C@H]2C(=O)N([C@@H](CO)[C@@H](C)CC)C(C(=O)N(CC=C)c3c(C)cccc3Cl)C23CC[C@]1(C)S3. The zero-order chi connectivity index (χ0) is 29.6. The van der Waals surface area contributed by atoms with Crippen LogP contribution in [0, 0.1) is 24.7 Å². The summed E-state index contributed by atoms with van der Waals surface area (Å²) in [6.07, 6.45) is 5.41. The van der Waals surface area contributed by atoms with Gasteiger partial charge in [0.15, 0.2) is 0 Å². The van der Waals surface area contributed by atoms with Crippen LogP contribution in [0.2, 0.25) is 5.02 Å². The van der Waals surface area contributed by atoms with Gasteiger partial charge in [-0.05, 0) is 44.2 Å². The number of aryl methyl sites for hydroxylation is 1. The number of aliphatic hydroxyl groups is 1. The Labute approximate surface area is 247 Å². The van der Waals surface area contributed by atoms with Crippen molar-refractivity contribution in [2.75, 3.05) is 31.6 Å². The largest absolute Gasteiger partial charge is 0.394 e. The van der Waals surface area contributed by atoms with Crippen molar-refractivity contribution in [3.05, 3.63) is 54.1 Å². The fourth-order valence-corrected chi connectivity index (χ4v) is 9.90. The van der Waals surface area contributed by atoms with Crippen LogP contribution in [0.3, 0.4) is 0 Å². The van der Waals surface area contributed by atoms with Gasteiger partial charge in [-0.15, -0.1) is 24.9 Å². The van der Waals surface area contributed by atoms with Crippen molar-refractivity contribution in [3.63, 3.8) is 0 Å². The van der Waals surface area contributed by atoms with Gasteiger partial charge in [0, 0.05) is 24.9 Å². The number of fused-ring (bicyclic) bond motifs is 1. The van der Waals surface area contributed by atoms with Crippen LogP contribution in [0.1, 0.15) is 45.6 Å². The van der Waals surface area contributed by atoms with E-state index in [1.54, 1.807) is 51.7 Å². The highest BCUT2D eigenvalue weighted by molar-refractivity contribution is 8.02. The maximum atomic E-state index is 14.9. The second-order valence-corrected chi connectivity index (χ2v) is 14.1. The van der Waals surface area contributed by atoms with E-state index in [9.17, 15) is 19.5 Å². The van der Waals surface area contributed by atoms with Crippen LogP contribution in [0.5, 0.6) is 0 Å². The van der Waals surface area contributed by atoms with E-state index >= 15 is 0 Å². The topological polar surface area (TPSA) is 81.2 Å². The van der Waals surface area contributed by atoms with Gasteiger partial charge in [-0.1, -0.05) is 56.2 Å². The summed E-state index contributed by atoms with van der Waals surface area (Å²) in [5.74, 6) is -1.86. The van der Waals surface area contributed by atoms with Gasteiger partial charge in [0.25, 0.3) is 5.91 Å². The van der Waals surface area contributed by atoms with Gasteiger partial charge < -0.3 is 19.8 Å². The maximum absolute atomic E-state index is 14.9. The molecule has 0 aliphatic carbocycles. The lowest BCUT2D eigenvalue weighted by Gasteiger charge is -2.41. The normalized spacial score (nSPS) is 30.1. The number of halogens is 1. The number of likely N-dealkylation sites (N-methyl/N-ethyl adjacent to an activating group) is 1. The molecule has 3 aliphatic heterocycles. The van der Waals surface area contributed by atoms with Crippen LogP contribution >= 0.6 is 23.4 Å². The number of rotatable bonds is 11. The minimum atomic E-state index is -0.860. The smallest absolute Gasteiger partial charge is 0.251 e. The van der Waals surface area contributed by atoms with Gasteiger partial charge in [0.1, 0.15) is 6.04 Å². The summed E-state index contributed by atoms with van der Waals surface area (Å²) in [5.41, 5.74) is 1.43.